The zero-order chi connectivity index (χ0) is 13.4. The normalized spacial score (nSPS) is 9.61. The molecular weight excluding hydrogens is 252 g/mol. The number of nitrogens with one attached hydrogen (secondary N) is 1. The predicted octanol–water partition coefficient (Wildman–Crippen LogP) is 2.97. The maximum Gasteiger partial charge on any atom is 0.305 e. The number of carbonyl (C=O) groups is 1. The van der Waals surface area contributed by atoms with Gasteiger partial charge in [-0.2, -0.15) is 5.26 Å². The molecule has 0 amide bonds. The summed E-state index contributed by atoms with van der Waals surface area (Å²) in [5.41, 5.74) is 1.29. The number of benzene rings is 1. The second-order valence-electron chi connectivity index (χ2n) is 3.64. The SMILES string of the molecule is CCOC(=O)CCCNc1ccc(C#N)cc1Cl. The Kier molecular flexibility index (Phi) is 6.03. The van der Waals surface area contributed by atoms with E-state index in [9.17, 15) is 4.79 Å². The Bertz CT molecular complexity index is 455. The number of nitriles is 1. The van der Waals surface area contributed by atoms with Crippen LogP contribution < -0.4 is 5.32 Å². The molecule has 0 aliphatic carbocycles. The molecule has 0 unspecified atom stereocenters. The molecule has 0 atom stereocenters. The van der Waals surface area contributed by atoms with Crippen molar-refractivity contribution in [2.24, 2.45) is 0 Å². The molecule has 0 bridgehead atoms. The number of halogens is 1. The molecule has 0 radical (unpaired) electrons. The van der Waals surface area contributed by atoms with Crippen LogP contribution in [-0.2, 0) is 9.53 Å². The first kappa shape index (κ1) is 14.3. The lowest BCUT2D eigenvalue weighted by Crippen LogP contribution is -2.08. The Morgan fingerprint density at radius 1 is 1.56 bits per heavy atom. The van der Waals surface area contributed by atoms with Gasteiger partial charge in [-0.1, -0.05) is 11.6 Å². The van der Waals surface area contributed by atoms with E-state index in [-0.39, 0.29) is 5.97 Å². The van der Waals surface area contributed by atoms with Crippen LogP contribution in [0.15, 0.2) is 18.2 Å². The Balaban J connectivity index is 2.36. The third-order valence-corrected chi connectivity index (χ3v) is 2.59. The van der Waals surface area contributed by atoms with Gasteiger partial charge in [-0.15, -0.1) is 0 Å². The highest BCUT2D eigenvalue weighted by molar-refractivity contribution is 6.33. The van der Waals surface area contributed by atoms with Crippen LogP contribution in [0.3, 0.4) is 0 Å². The van der Waals surface area contributed by atoms with E-state index in [1.165, 1.54) is 0 Å². The maximum atomic E-state index is 11.1. The molecule has 0 aliphatic rings. The Morgan fingerprint density at radius 3 is 2.94 bits per heavy atom. The summed E-state index contributed by atoms with van der Waals surface area (Å²) < 4.78 is 4.82. The van der Waals surface area contributed by atoms with Gasteiger partial charge in [-0.3, -0.25) is 4.79 Å². The molecule has 1 rings (SSSR count). The molecule has 0 aliphatic heterocycles. The van der Waals surface area contributed by atoms with Crippen molar-refractivity contribution >= 4 is 23.3 Å². The van der Waals surface area contributed by atoms with Crippen molar-refractivity contribution < 1.29 is 9.53 Å². The number of anilines is 1. The molecule has 1 aromatic carbocycles. The van der Waals surface area contributed by atoms with Gasteiger partial charge in [0.25, 0.3) is 0 Å². The minimum Gasteiger partial charge on any atom is -0.466 e. The first-order chi connectivity index (χ1) is 8.67. The quantitative estimate of drug-likeness (QED) is 0.635. The summed E-state index contributed by atoms with van der Waals surface area (Å²) >= 11 is 5.99. The molecule has 5 heteroatoms. The highest BCUT2D eigenvalue weighted by atomic mass is 35.5. The number of nitrogens with zero attached hydrogens (tertiary/aromatic N) is 1. The van der Waals surface area contributed by atoms with Gasteiger partial charge in [-0.25, -0.2) is 0 Å². The van der Waals surface area contributed by atoms with Crippen molar-refractivity contribution in [2.75, 3.05) is 18.5 Å². The summed E-state index contributed by atoms with van der Waals surface area (Å²) in [7, 11) is 0. The molecule has 0 saturated carbocycles. The monoisotopic (exact) mass is 266 g/mol. The van der Waals surface area contributed by atoms with Crippen molar-refractivity contribution in [3.63, 3.8) is 0 Å². The van der Waals surface area contributed by atoms with Crippen molar-refractivity contribution in [1.82, 2.24) is 0 Å². The third kappa shape index (κ3) is 4.64. The van der Waals surface area contributed by atoms with Gasteiger partial charge in [0.1, 0.15) is 0 Å². The number of ether oxygens (including phenoxy) is 1. The molecule has 0 saturated heterocycles. The van der Waals surface area contributed by atoms with Crippen molar-refractivity contribution in [3.05, 3.63) is 28.8 Å². The van der Waals surface area contributed by atoms with Crippen LogP contribution in [0.25, 0.3) is 0 Å². The molecule has 96 valence electrons. The van der Waals surface area contributed by atoms with Gasteiger partial charge in [0.05, 0.1) is 28.9 Å². The Hall–Kier alpha value is -1.73. The van der Waals surface area contributed by atoms with E-state index < -0.39 is 0 Å². The average Bonchev–Trinajstić information content (AvgIpc) is 2.36. The first-order valence-corrected chi connectivity index (χ1v) is 6.14. The number of esters is 1. The lowest BCUT2D eigenvalue weighted by atomic mass is 10.2. The highest BCUT2D eigenvalue weighted by Gasteiger charge is 2.03. The van der Waals surface area contributed by atoms with Crippen molar-refractivity contribution in [1.29, 1.82) is 5.26 Å². The summed E-state index contributed by atoms with van der Waals surface area (Å²) in [5, 5.41) is 12.3. The summed E-state index contributed by atoms with van der Waals surface area (Å²) in [5.74, 6) is -0.190. The topological polar surface area (TPSA) is 62.1 Å². The molecule has 1 N–H and O–H groups in total. The summed E-state index contributed by atoms with van der Waals surface area (Å²) in [4.78, 5) is 11.1. The number of hydrogen-bond donors (Lipinski definition) is 1. The fourth-order valence-corrected chi connectivity index (χ4v) is 1.66. The van der Waals surface area contributed by atoms with Crippen molar-refractivity contribution in [2.45, 2.75) is 19.8 Å². The van der Waals surface area contributed by atoms with E-state index >= 15 is 0 Å². The van der Waals surface area contributed by atoms with E-state index in [4.69, 9.17) is 21.6 Å². The maximum absolute atomic E-state index is 11.1. The van der Waals surface area contributed by atoms with E-state index in [0.717, 1.165) is 5.69 Å². The molecular formula is C13H15ClN2O2. The van der Waals surface area contributed by atoms with E-state index in [0.29, 0.717) is 36.6 Å². The number of hydrogen-bond acceptors (Lipinski definition) is 4. The average molecular weight is 267 g/mol. The van der Waals surface area contributed by atoms with Crippen LogP contribution in [0.2, 0.25) is 5.02 Å². The summed E-state index contributed by atoms with van der Waals surface area (Å²) in [6.45, 7) is 2.82. The van der Waals surface area contributed by atoms with E-state index in [1.807, 2.05) is 6.07 Å². The van der Waals surface area contributed by atoms with Gasteiger partial charge in [-0.05, 0) is 31.5 Å². The number of carbonyl (C=O) groups excluding carboxylic acids is 1. The van der Waals surface area contributed by atoms with Gasteiger partial charge in [0.2, 0.25) is 0 Å². The Labute approximate surface area is 112 Å². The molecule has 0 heterocycles. The molecule has 4 nitrogen and oxygen atoms in total. The summed E-state index contributed by atoms with van der Waals surface area (Å²) in [6, 6.07) is 7.07. The second-order valence-corrected chi connectivity index (χ2v) is 4.05. The lowest BCUT2D eigenvalue weighted by molar-refractivity contribution is -0.143. The largest absolute Gasteiger partial charge is 0.466 e. The minimum atomic E-state index is -0.190. The zero-order valence-corrected chi connectivity index (χ0v) is 11.0. The van der Waals surface area contributed by atoms with Gasteiger partial charge in [0.15, 0.2) is 0 Å². The van der Waals surface area contributed by atoms with Crippen molar-refractivity contribution in [3.8, 4) is 6.07 Å². The van der Waals surface area contributed by atoms with Crippen LogP contribution >= 0.6 is 11.6 Å². The highest BCUT2D eigenvalue weighted by Crippen LogP contribution is 2.22. The van der Waals surface area contributed by atoms with Crippen LogP contribution in [0.4, 0.5) is 5.69 Å². The molecule has 0 spiro atoms. The molecule has 18 heavy (non-hydrogen) atoms. The van der Waals surface area contributed by atoms with Crippen LogP contribution in [0.5, 0.6) is 0 Å². The standard InChI is InChI=1S/C13H15ClN2O2/c1-2-18-13(17)4-3-7-16-12-6-5-10(9-15)8-11(12)14/h5-6,8,16H,2-4,7H2,1H3. The Morgan fingerprint density at radius 2 is 2.33 bits per heavy atom. The third-order valence-electron chi connectivity index (χ3n) is 2.28. The van der Waals surface area contributed by atoms with E-state index in [1.54, 1.807) is 25.1 Å². The fraction of sp³-hybridized carbons (Fsp3) is 0.385. The fourth-order valence-electron chi connectivity index (χ4n) is 1.42. The van der Waals surface area contributed by atoms with Gasteiger partial charge < -0.3 is 10.1 Å². The molecule has 0 fully saturated rings. The first-order valence-electron chi connectivity index (χ1n) is 5.76. The van der Waals surface area contributed by atoms with Crippen LogP contribution in [-0.4, -0.2) is 19.1 Å². The predicted molar refractivity (Wildman–Crippen MR) is 70.5 cm³/mol. The summed E-state index contributed by atoms with van der Waals surface area (Å²) in [6.07, 6.45) is 1.06. The molecule has 0 aromatic heterocycles. The molecule has 1 aromatic rings. The zero-order valence-electron chi connectivity index (χ0n) is 10.2. The second kappa shape index (κ2) is 7.57. The van der Waals surface area contributed by atoms with Gasteiger partial charge in [0, 0.05) is 13.0 Å². The van der Waals surface area contributed by atoms with Crippen LogP contribution in [0, 0.1) is 11.3 Å². The number of rotatable bonds is 6. The van der Waals surface area contributed by atoms with Crippen LogP contribution in [0.1, 0.15) is 25.3 Å². The van der Waals surface area contributed by atoms with Gasteiger partial charge >= 0.3 is 5.97 Å². The lowest BCUT2D eigenvalue weighted by Gasteiger charge is -2.08. The van der Waals surface area contributed by atoms with E-state index in [2.05, 4.69) is 5.32 Å². The minimum absolute atomic E-state index is 0.190. The smallest absolute Gasteiger partial charge is 0.305 e.